The molecule has 1 heterocycles. The lowest BCUT2D eigenvalue weighted by Crippen LogP contribution is -2.42. The number of carbonyl (C=O) groups is 2. The standard InChI is InChI=1S/C14H17BrN2O2S/c15-12-4-3-11(20-12)14(19)17-16-13(18)7-10-6-8-1-2-9(10)5-8/h3-4,8-10H,1-2,5-7H2,(H,16,18)(H,17,19)/t8-,9+,10+/m0/s1. The first-order chi connectivity index (χ1) is 9.61. The van der Waals surface area contributed by atoms with Gasteiger partial charge in [-0.25, -0.2) is 0 Å². The van der Waals surface area contributed by atoms with Crippen LogP contribution in [0, 0.1) is 17.8 Å². The number of fused-ring (bicyclic) bond motifs is 2. The molecule has 3 atom stereocenters. The summed E-state index contributed by atoms with van der Waals surface area (Å²) in [4.78, 5) is 24.3. The van der Waals surface area contributed by atoms with E-state index in [4.69, 9.17) is 0 Å². The Morgan fingerprint density at radius 2 is 2.10 bits per heavy atom. The van der Waals surface area contributed by atoms with Crippen LogP contribution in [-0.4, -0.2) is 11.8 Å². The van der Waals surface area contributed by atoms with Crippen LogP contribution >= 0.6 is 27.3 Å². The summed E-state index contributed by atoms with van der Waals surface area (Å²) >= 11 is 4.65. The highest BCUT2D eigenvalue weighted by atomic mass is 79.9. The van der Waals surface area contributed by atoms with Gasteiger partial charge in [0.2, 0.25) is 5.91 Å². The van der Waals surface area contributed by atoms with Gasteiger partial charge in [-0.1, -0.05) is 6.42 Å². The molecule has 2 N–H and O–H groups in total. The summed E-state index contributed by atoms with van der Waals surface area (Å²) in [6, 6.07) is 3.54. The van der Waals surface area contributed by atoms with Crippen molar-refractivity contribution >= 4 is 39.1 Å². The average Bonchev–Trinajstić information content (AvgIpc) is 3.12. The Kier molecular flexibility index (Phi) is 4.12. The molecule has 2 amide bonds. The van der Waals surface area contributed by atoms with Crippen LogP contribution in [0.15, 0.2) is 15.9 Å². The summed E-state index contributed by atoms with van der Waals surface area (Å²) in [5.74, 6) is 1.75. The highest BCUT2D eigenvalue weighted by Gasteiger charge is 2.40. The van der Waals surface area contributed by atoms with E-state index in [1.165, 1.54) is 37.0 Å². The van der Waals surface area contributed by atoms with Crippen molar-refractivity contribution in [3.63, 3.8) is 0 Å². The minimum atomic E-state index is -0.262. The number of carbonyl (C=O) groups excluding carboxylic acids is 2. The van der Waals surface area contributed by atoms with Gasteiger partial charge < -0.3 is 0 Å². The second-order valence-corrected chi connectivity index (χ2v) is 8.21. The third-order valence-corrected chi connectivity index (χ3v) is 6.07. The Balaban J connectivity index is 1.44. The Bertz CT molecular complexity index is 531. The van der Waals surface area contributed by atoms with Gasteiger partial charge in [0, 0.05) is 6.42 Å². The Hall–Kier alpha value is -0.880. The van der Waals surface area contributed by atoms with Gasteiger partial charge in [-0.05, 0) is 65.1 Å². The molecule has 2 fully saturated rings. The molecule has 0 unspecified atom stereocenters. The zero-order valence-corrected chi connectivity index (χ0v) is 13.4. The number of hydrogen-bond acceptors (Lipinski definition) is 3. The van der Waals surface area contributed by atoms with Crippen LogP contribution in [0.2, 0.25) is 0 Å². The van der Waals surface area contributed by atoms with Crippen molar-refractivity contribution in [1.29, 1.82) is 0 Å². The van der Waals surface area contributed by atoms with E-state index in [1.54, 1.807) is 6.07 Å². The lowest BCUT2D eigenvalue weighted by molar-refractivity contribution is -0.123. The smallest absolute Gasteiger partial charge is 0.273 e. The molecule has 2 aliphatic carbocycles. The first kappa shape index (κ1) is 14.1. The molecule has 2 aliphatic rings. The number of rotatable bonds is 3. The fraction of sp³-hybridized carbons (Fsp3) is 0.571. The number of amides is 2. The number of hydrogen-bond donors (Lipinski definition) is 2. The molecule has 4 nitrogen and oxygen atoms in total. The van der Waals surface area contributed by atoms with Crippen LogP contribution in [0.1, 0.15) is 41.8 Å². The number of thiophene rings is 1. The van der Waals surface area contributed by atoms with Gasteiger partial charge in [-0.2, -0.15) is 0 Å². The van der Waals surface area contributed by atoms with Gasteiger partial charge in [0.1, 0.15) is 0 Å². The Labute approximate surface area is 130 Å². The molecule has 2 saturated carbocycles. The predicted molar refractivity (Wildman–Crippen MR) is 81.2 cm³/mol. The zero-order valence-electron chi connectivity index (χ0n) is 11.0. The molecule has 20 heavy (non-hydrogen) atoms. The summed E-state index contributed by atoms with van der Waals surface area (Å²) in [5, 5.41) is 0. The van der Waals surface area contributed by atoms with Crippen LogP contribution in [0.5, 0.6) is 0 Å². The van der Waals surface area contributed by atoms with E-state index in [0.717, 1.165) is 15.6 Å². The number of halogens is 1. The third kappa shape index (κ3) is 3.06. The second kappa shape index (κ2) is 5.85. The monoisotopic (exact) mass is 356 g/mol. The molecule has 108 valence electrons. The predicted octanol–water partition coefficient (Wildman–Crippen LogP) is 3.10. The molecular formula is C14H17BrN2O2S. The third-order valence-electron chi connectivity index (χ3n) is 4.44. The van der Waals surface area contributed by atoms with Gasteiger partial charge in [-0.3, -0.25) is 20.4 Å². The van der Waals surface area contributed by atoms with Crippen molar-refractivity contribution in [2.45, 2.75) is 32.1 Å². The van der Waals surface area contributed by atoms with Crippen molar-refractivity contribution in [3.8, 4) is 0 Å². The van der Waals surface area contributed by atoms with Gasteiger partial charge in [0.05, 0.1) is 8.66 Å². The lowest BCUT2D eigenvalue weighted by atomic mass is 9.86. The molecule has 0 aromatic carbocycles. The Morgan fingerprint density at radius 3 is 2.70 bits per heavy atom. The fourth-order valence-corrected chi connectivity index (χ4v) is 4.82. The van der Waals surface area contributed by atoms with Crippen LogP contribution in [0.25, 0.3) is 0 Å². The highest BCUT2D eigenvalue weighted by molar-refractivity contribution is 9.11. The first-order valence-electron chi connectivity index (χ1n) is 6.96. The van der Waals surface area contributed by atoms with Gasteiger partial charge in [-0.15, -0.1) is 11.3 Å². The molecule has 0 saturated heterocycles. The normalized spacial score (nSPS) is 27.6. The lowest BCUT2D eigenvalue weighted by Gasteiger charge is -2.20. The van der Waals surface area contributed by atoms with E-state index >= 15 is 0 Å². The van der Waals surface area contributed by atoms with E-state index in [-0.39, 0.29) is 11.8 Å². The maximum absolute atomic E-state index is 11.9. The van der Waals surface area contributed by atoms with Crippen molar-refractivity contribution in [2.75, 3.05) is 0 Å². The topological polar surface area (TPSA) is 58.2 Å². The fourth-order valence-electron chi connectivity index (χ4n) is 3.54. The largest absolute Gasteiger partial charge is 0.279 e. The van der Waals surface area contributed by atoms with Crippen LogP contribution in [0.3, 0.4) is 0 Å². The minimum absolute atomic E-state index is 0.0773. The molecule has 0 spiro atoms. The summed E-state index contributed by atoms with van der Waals surface area (Å²) in [6.45, 7) is 0. The average molecular weight is 357 g/mol. The van der Waals surface area contributed by atoms with E-state index in [9.17, 15) is 9.59 Å². The van der Waals surface area contributed by atoms with Crippen molar-refractivity contribution in [3.05, 3.63) is 20.8 Å². The van der Waals surface area contributed by atoms with Gasteiger partial charge in [0.25, 0.3) is 5.91 Å². The molecule has 1 aromatic rings. The first-order valence-corrected chi connectivity index (χ1v) is 8.57. The molecule has 6 heteroatoms. The molecule has 0 radical (unpaired) electrons. The van der Waals surface area contributed by atoms with Crippen molar-refractivity contribution < 1.29 is 9.59 Å². The molecular weight excluding hydrogens is 340 g/mol. The summed E-state index contributed by atoms with van der Waals surface area (Å²) in [5.41, 5.74) is 5.01. The van der Waals surface area contributed by atoms with E-state index in [0.29, 0.717) is 17.2 Å². The van der Waals surface area contributed by atoms with E-state index in [1.807, 2.05) is 6.07 Å². The SMILES string of the molecule is O=C(C[C@H]1C[C@H]2CC[C@@H]1C2)NNC(=O)c1ccc(Br)s1. The van der Waals surface area contributed by atoms with Crippen LogP contribution in [-0.2, 0) is 4.79 Å². The maximum atomic E-state index is 11.9. The summed E-state index contributed by atoms with van der Waals surface area (Å²) < 4.78 is 0.899. The Morgan fingerprint density at radius 1 is 1.25 bits per heavy atom. The van der Waals surface area contributed by atoms with Crippen LogP contribution < -0.4 is 10.9 Å². The van der Waals surface area contributed by atoms with Crippen molar-refractivity contribution in [2.24, 2.45) is 17.8 Å². The quantitative estimate of drug-likeness (QED) is 0.817. The zero-order chi connectivity index (χ0) is 14.1. The molecule has 2 bridgehead atoms. The molecule has 0 aliphatic heterocycles. The van der Waals surface area contributed by atoms with Gasteiger partial charge >= 0.3 is 0 Å². The number of nitrogens with one attached hydrogen (secondary N) is 2. The summed E-state index contributed by atoms with van der Waals surface area (Å²) in [7, 11) is 0. The maximum Gasteiger partial charge on any atom is 0.279 e. The van der Waals surface area contributed by atoms with Crippen molar-refractivity contribution in [1.82, 2.24) is 10.9 Å². The second-order valence-electron chi connectivity index (χ2n) is 5.75. The summed E-state index contributed by atoms with van der Waals surface area (Å²) in [6.07, 6.45) is 5.64. The highest BCUT2D eigenvalue weighted by Crippen LogP contribution is 2.49. The van der Waals surface area contributed by atoms with Gasteiger partial charge in [0.15, 0.2) is 0 Å². The van der Waals surface area contributed by atoms with Crippen LogP contribution in [0.4, 0.5) is 0 Å². The molecule has 3 rings (SSSR count). The molecule has 1 aromatic heterocycles. The van der Waals surface area contributed by atoms with E-state index in [2.05, 4.69) is 26.8 Å². The number of hydrazine groups is 1. The van der Waals surface area contributed by atoms with E-state index < -0.39 is 0 Å². The minimum Gasteiger partial charge on any atom is -0.273 e.